The van der Waals surface area contributed by atoms with E-state index in [2.05, 4.69) is 29.2 Å². The molecule has 0 spiro atoms. The average Bonchev–Trinajstić information content (AvgIpc) is 3.16. The molecule has 0 N–H and O–H groups in total. The predicted octanol–water partition coefficient (Wildman–Crippen LogP) is 3.09. The zero-order chi connectivity index (χ0) is 12.4. The van der Waals surface area contributed by atoms with Gasteiger partial charge in [0.2, 0.25) is 0 Å². The molecule has 4 nitrogen and oxygen atoms in total. The van der Waals surface area contributed by atoms with Gasteiger partial charge in [-0.05, 0) is 37.0 Å². The van der Waals surface area contributed by atoms with E-state index in [4.69, 9.17) is 9.26 Å². The topological polar surface area (TPSA) is 48.2 Å². The Hall–Kier alpha value is -1.84. The van der Waals surface area contributed by atoms with Gasteiger partial charge < -0.3 is 9.26 Å². The molecule has 1 aliphatic carbocycles. The van der Waals surface area contributed by atoms with Crippen molar-refractivity contribution in [1.29, 1.82) is 0 Å². The van der Waals surface area contributed by atoms with Crippen molar-refractivity contribution in [3.05, 3.63) is 41.5 Å². The molecule has 18 heavy (non-hydrogen) atoms. The lowest BCUT2D eigenvalue weighted by molar-refractivity contribution is 0.242. The van der Waals surface area contributed by atoms with Crippen LogP contribution in [0.4, 0.5) is 0 Å². The number of aromatic nitrogens is 2. The molecule has 0 aliphatic heterocycles. The normalized spacial score (nSPS) is 14.7. The maximum absolute atomic E-state index is 5.61. The summed E-state index contributed by atoms with van der Waals surface area (Å²) in [6, 6.07) is 8.07. The maximum Gasteiger partial charge on any atom is 0.264 e. The number of rotatable bonds is 5. The van der Waals surface area contributed by atoms with Gasteiger partial charge in [-0.1, -0.05) is 24.2 Å². The molecule has 2 aromatic rings. The molecule has 0 unspecified atom stereocenters. The van der Waals surface area contributed by atoms with Crippen LogP contribution in [0.3, 0.4) is 0 Å². The van der Waals surface area contributed by atoms with Gasteiger partial charge in [0.05, 0.1) is 0 Å². The highest BCUT2D eigenvalue weighted by molar-refractivity contribution is 5.27. The van der Waals surface area contributed by atoms with E-state index in [0.717, 1.165) is 18.0 Å². The van der Waals surface area contributed by atoms with Gasteiger partial charge in [0.25, 0.3) is 5.89 Å². The molecule has 1 aromatic heterocycles. The Labute approximate surface area is 106 Å². The van der Waals surface area contributed by atoms with E-state index in [1.54, 1.807) is 0 Å². The van der Waals surface area contributed by atoms with Crippen LogP contribution in [0.2, 0.25) is 0 Å². The van der Waals surface area contributed by atoms with Crippen molar-refractivity contribution in [1.82, 2.24) is 10.1 Å². The number of benzene rings is 1. The fourth-order valence-corrected chi connectivity index (χ4v) is 1.80. The Morgan fingerprint density at radius 1 is 1.28 bits per heavy atom. The third-order valence-corrected chi connectivity index (χ3v) is 3.12. The number of aryl methyl sites for hydroxylation is 1. The van der Waals surface area contributed by atoms with Crippen molar-refractivity contribution in [2.75, 3.05) is 0 Å². The summed E-state index contributed by atoms with van der Waals surface area (Å²) in [5.41, 5.74) is 1.30. The Balaban J connectivity index is 1.58. The third kappa shape index (κ3) is 2.53. The molecule has 0 saturated heterocycles. The van der Waals surface area contributed by atoms with Crippen LogP contribution in [0.1, 0.15) is 43.0 Å². The van der Waals surface area contributed by atoms with Crippen molar-refractivity contribution < 1.29 is 9.26 Å². The summed E-state index contributed by atoms with van der Waals surface area (Å²) in [6.07, 6.45) is 3.39. The van der Waals surface area contributed by atoms with E-state index >= 15 is 0 Å². The largest absolute Gasteiger partial charge is 0.484 e. The van der Waals surface area contributed by atoms with E-state index in [9.17, 15) is 0 Å². The second kappa shape index (κ2) is 4.80. The summed E-state index contributed by atoms with van der Waals surface area (Å²) in [4.78, 5) is 4.32. The molecule has 1 fully saturated rings. The lowest BCUT2D eigenvalue weighted by atomic mass is 10.2. The quantitative estimate of drug-likeness (QED) is 0.811. The Morgan fingerprint density at radius 3 is 2.72 bits per heavy atom. The third-order valence-electron chi connectivity index (χ3n) is 3.12. The van der Waals surface area contributed by atoms with E-state index in [-0.39, 0.29) is 0 Å². The molecule has 0 atom stereocenters. The molecule has 94 valence electrons. The van der Waals surface area contributed by atoms with Crippen molar-refractivity contribution in [2.24, 2.45) is 0 Å². The van der Waals surface area contributed by atoms with E-state index in [0.29, 0.717) is 18.4 Å². The Morgan fingerprint density at radius 2 is 2.06 bits per heavy atom. The summed E-state index contributed by atoms with van der Waals surface area (Å²) < 4.78 is 10.8. The van der Waals surface area contributed by atoms with Crippen LogP contribution in [-0.4, -0.2) is 10.1 Å². The molecule has 0 bridgehead atoms. The second-order valence-corrected chi connectivity index (χ2v) is 4.61. The summed E-state index contributed by atoms with van der Waals surface area (Å²) in [5.74, 6) is 2.73. The zero-order valence-electron chi connectivity index (χ0n) is 10.4. The molecule has 0 amide bonds. The number of hydrogen-bond acceptors (Lipinski definition) is 4. The SMILES string of the molecule is CCc1ccc(OCc2nc(C3CC3)no2)cc1. The lowest BCUT2D eigenvalue weighted by Gasteiger charge is -2.03. The molecule has 0 radical (unpaired) electrons. The van der Waals surface area contributed by atoms with Crippen LogP contribution in [0, 0.1) is 0 Å². The van der Waals surface area contributed by atoms with Crippen LogP contribution >= 0.6 is 0 Å². The van der Waals surface area contributed by atoms with Gasteiger partial charge in [0, 0.05) is 5.92 Å². The standard InChI is InChI=1S/C14H16N2O2/c1-2-10-3-7-12(8-4-10)17-9-13-15-14(16-18-13)11-5-6-11/h3-4,7-8,11H,2,5-6,9H2,1H3. The summed E-state index contributed by atoms with van der Waals surface area (Å²) >= 11 is 0. The summed E-state index contributed by atoms with van der Waals surface area (Å²) in [5, 5.41) is 3.95. The fourth-order valence-electron chi connectivity index (χ4n) is 1.80. The first-order valence-electron chi connectivity index (χ1n) is 6.39. The van der Waals surface area contributed by atoms with Crippen LogP contribution in [-0.2, 0) is 13.0 Å². The Kier molecular flexibility index (Phi) is 3.00. The number of nitrogens with zero attached hydrogens (tertiary/aromatic N) is 2. The second-order valence-electron chi connectivity index (χ2n) is 4.61. The van der Waals surface area contributed by atoms with Crippen molar-refractivity contribution in [3.8, 4) is 5.75 Å². The summed E-state index contributed by atoms with van der Waals surface area (Å²) in [6.45, 7) is 2.47. The fraction of sp³-hybridized carbons (Fsp3) is 0.429. The first-order valence-corrected chi connectivity index (χ1v) is 6.39. The van der Waals surface area contributed by atoms with E-state index in [1.165, 1.54) is 18.4 Å². The van der Waals surface area contributed by atoms with E-state index < -0.39 is 0 Å². The highest BCUT2D eigenvalue weighted by atomic mass is 16.5. The lowest BCUT2D eigenvalue weighted by Crippen LogP contribution is -1.96. The zero-order valence-corrected chi connectivity index (χ0v) is 10.4. The molecule has 1 aromatic carbocycles. The highest BCUT2D eigenvalue weighted by Gasteiger charge is 2.28. The molecule has 1 heterocycles. The molecule has 1 aliphatic rings. The first kappa shape index (κ1) is 11.3. The van der Waals surface area contributed by atoms with Crippen molar-refractivity contribution in [3.63, 3.8) is 0 Å². The van der Waals surface area contributed by atoms with Gasteiger partial charge in [-0.15, -0.1) is 0 Å². The highest BCUT2D eigenvalue weighted by Crippen LogP contribution is 2.38. The summed E-state index contributed by atoms with van der Waals surface area (Å²) in [7, 11) is 0. The molecule has 1 saturated carbocycles. The van der Waals surface area contributed by atoms with E-state index in [1.807, 2.05) is 12.1 Å². The van der Waals surface area contributed by atoms with Gasteiger partial charge in [0.15, 0.2) is 12.4 Å². The molecular formula is C14H16N2O2. The predicted molar refractivity (Wildman–Crippen MR) is 66.4 cm³/mol. The average molecular weight is 244 g/mol. The smallest absolute Gasteiger partial charge is 0.264 e. The van der Waals surface area contributed by atoms with Gasteiger partial charge in [-0.3, -0.25) is 0 Å². The van der Waals surface area contributed by atoms with Crippen LogP contribution in [0.15, 0.2) is 28.8 Å². The number of ether oxygens (including phenoxy) is 1. The monoisotopic (exact) mass is 244 g/mol. The Bertz CT molecular complexity index is 515. The van der Waals surface area contributed by atoms with Crippen molar-refractivity contribution >= 4 is 0 Å². The van der Waals surface area contributed by atoms with Gasteiger partial charge >= 0.3 is 0 Å². The molecule has 4 heteroatoms. The molecular weight excluding hydrogens is 228 g/mol. The van der Waals surface area contributed by atoms with Crippen molar-refractivity contribution in [2.45, 2.75) is 38.7 Å². The van der Waals surface area contributed by atoms with Crippen LogP contribution in [0.5, 0.6) is 5.75 Å². The minimum absolute atomic E-state index is 0.338. The maximum atomic E-state index is 5.61. The van der Waals surface area contributed by atoms with Crippen LogP contribution < -0.4 is 4.74 Å². The van der Waals surface area contributed by atoms with Crippen LogP contribution in [0.25, 0.3) is 0 Å². The minimum Gasteiger partial charge on any atom is -0.484 e. The minimum atomic E-state index is 0.338. The number of hydrogen-bond donors (Lipinski definition) is 0. The first-order chi connectivity index (χ1) is 8.85. The van der Waals surface area contributed by atoms with Gasteiger partial charge in [-0.2, -0.15) is 4.98 Å². The molecule has 3 rings (SSSR count). The van der Waals surface area contributed by atoms with Gasteiger partial charge in [0.1, 0.15) is 5.75 Å². The van der Waals surface area contributed by atoms with Gasteiger partial charge in [-0.25, -0.2) is 0 Å².